The van der Waals surface area contributed by atoms with Crippen LogP contribution in [0.1, 0.15) is 36.0 Å². The highest BCUT2D eigenvalue weighted by Crippen LogP contribution is 2.28. The van der Waals surface area contributed by atoms with Crippen LogP contribution in [-0.4, -0.2) is 35.6 Å². The largest absolute Gasteiger partial charge is 0.388 e. The van der Waals surface area contributed by atoms with Gasteiger partial charge in [-0.3, -0.25) is 9.59 Å². The van der Waals surface area contributed by atoms with Gasteiger partial charge >= 0.3 is 0 Å². The summed E-state index contributed by atoms with van der Waals surface area (Å²) < 4.78 is 0.890. The Hall–Kier alpha value is -1.40. The van der Waals surface area contributed by atoms with Crippen LogP contribution in [0.3, 0.4) is 0 Å². The van der Waals surface area contributed by atoms with Crippen molar-refractivity contribution in [3.05, 3.63) is 34.3 Å². The summed E-state index contributed by atoms with van der Waals surface area (Å²) in [6.45, 7) is 0.158. The van der Waals surface area contributed by atoms with Crippen LogP contribution in [0.15, 0.2) is 28.7 Å². The van der Waals surface area contributed by atoms with E-state index in [9.17, 15) is 14.7 Å². The first kappa shape index (κ1) is 16.0. The minimum atomic E-state index is -0.772. The van der Waals surface area contributed by atoms with E-state index >= 15 is 0 Å². The maximum atomic E-state index is 11.8. The fraction of sp³-hybridized carbons (Fsp3) is 0.467. The van der Waals surface area contributed by atoms with E-state index < -0.39 is 5.60 Å². The average Bonchev–Trinajstić information content (AvgIpc) is 2.91. The van der Waals surface area contributed by atoms with Gasteiger partial charge in [0.05, 0.1) is 12.1 Å². The number of hydrogen-bond donors (Lipinski definition) is 3. The number of amides is 2. The quantitative estimate of drug-likeness (QED) is 0.751. The maximum absolute atomic E-state index is 11.8. The van der Waals surface area contributed by atoms with Gasteiger partial charge in [0, 0.05) is 16.6 Å². The van der Waals surface area contributed by atoms with Crippen molar-refractivity contribution < 1.29 is 14.7 Å². The maximum Gasteiger partial charge on any atom is 0.251 e. The Bertz CT molecular complexity index is 510. The van der Waals surface area contributed by atoms with Gasteiger partial charge in [0.2, 0.25) is 5.91 Å². The Morgan fingerprint density at radius 3 is 2.38 bits per heavy atom. The molecule has 1 aromatic carbocycles. The molecular formula is C15H19BrN2O3. The zero-order valence-corrected chi connectivity index (χ0v) is 13.3. The Balaban J connectivity index is 1.73. The van der Waals surface area contributed by atoms with Crippen LogP contribution in [0.2, 0.25) is 0 Å². The summed E-state index contributed by atoms with van der Waals surface area (Å²) in [5.74, 6) is -0.585. The van der Waals surface area contributed by atoms with Crippen molar-refractivity contribution >= 4 is 27.7 Å². The fourth-order valence-electron chi connectivity index (χ4n) is 2.40. The van der Waals surface area contributed by atoms with Gasteiger partial charge in [0.1, 0.15) is 0 Å². The Morgan fingerprint density at radius 1 is 1.14 bits per heavy atom. The summed E-state index contributed by atoms with van der Waals surface area (Å²) in [6, 6.07) is 6.90. The minimum absolute atomic E-state index is 0.0923. The van der Waals surface area contributed by atoms with Crippen LogP contribution < -0.4 is 10.6 Å². The molecule has 1 saturated carbocycles. The number of carbonyl (C=O) groups is 2. The van der Waals surface area contributed by atoms with Crippen molar-refractivity contribution in [1.29, 1.82) is 0 Å². The molecule has 6 heteroatoms. The van der Waals surface area contributed by atoms with E-state index in [0.717, 1.165) is 30.2 Å². The standard InChI is InChI=1S/C15H19BrN2O3/c16-12-5-3-11(4-6-12)14(20)17-9-13(19)18-10-15(21)7-1-2-8-15/h3-6,21H,1-2,7-10H2,(H,17,20)(H,18,19). The molecule has 0 heterocycles. The summed E-state index contributed by atoms with van der Waals surface area (Å²) in [5.41, 5.74) is -0.272. The second-order valence-corrected chi connectivity index (χ2v) is 6.31. The van der Waals surface area contributed by atoms with Crippen molar-refractivity contribution in [2.45, 2.75) is 31.3 Å². The molecule has 2 rings (SSSR count). The smallest absolute Gasteiger partial charge is 0.251 e. The second-order valence-electron chi connectivity index (χ2n) is 5.40. The average molecular weight is 355 g/mol. The summed E-state index contributed by atoms with van der Waals surface area (Å²) in [7, 11) is 0. The predicted octanol–water partition coefficient (Wildman–Crippen LogP) is 1.60. The van der Waals surface area contributed by atoms with Gasteiger partial charge in [0.15, 0.2) is 0 Å². The van der Waals surface area contributed by atoms with Crippen molar-refractivity contribution in [1.82, 2.24) is 10.6 Å². The first-order chi connectivity index (χ1) is 9.98. The van der Waals surface area contributed by atoms with E-state index in [4.69, 9.17) is 0 Å². The minimum Gasteiger partial charge on any atom is -0.388 e. The Morgan fingerprint density at radius 2 is 1.76 bits per heavy atom. The van der Waals surface area contributed by atoms with Gasteiger partial charge < -0.3 is 15.7 Å². The molecule has 0 bridgehead atoms. The third-order valence-corrected chi connectivity index (χ3v) is 4.19. The first-order valence-corrected chi connectivity index (χ1v) is 7.81. The molecule has 114 valence electrons. The van der Waals surface area contributed by atoms with Crippen LogP contribution in [0.5, 0.6) is 0 Å². The van der Waals surface area contributed by atoms with Crippen molar-refractivity contribution in [3.63, 3.8) is 0 Å². The number of nitrogens with one attached hydrogen (secondary N) is 2. The van der Waals surface area contributed by atoms with Gasteiger partial charge in [0.25, 0.3) is 5.91 Å². The van der Waals surface area contributed by atoms with E-state index in [0.29, 0.717) is 5.56 Å². The van der Waals surface area contributed by atoms with Gasteiger partial charge in [-0.15, -0.1) is 0 Å². The van der Waals surface area contributed by atoms with E-state index in [-0.39, 0.29) is 24.9 Å². The topological polar surface area (TPSA) is 78.4 Å². The molecule has 0 radical (unpaired) electrons. The number of halogens is 1. The van der Waals surface area contributed by atoms with Gasteiger partial charge in [-0.2, -0.15) is 0 Å². The highest BCUT2D eigenvalue weighted by Gasteiger charge is 2.31. The molecule has 0 aromatic heterocycles. The van der Waals surface area contributed by atoms with Gasteiger partial charge in [-0.05, 0) is 37.1 Å². The Kier molecular flexibility index (Phi) is 5.36. The lowest BCUT2D eigenvalue weighted by Crippen LogP contribution is -2.44. The molecule has 21 heavy (non-hydrogen) atoms. The third kappa shape index (κ3) is 4.82. The number of benzene rings is 1. The molecule has 0 atom stereocenters. The molecule has 1 aromatic rings. The lowest BCUT2D eigenvalue weighted by molar-refractivity contribution is -0.121. The monoisotopic (exact) mass is 354 g/mol. The van der Waals surface area contributed by atoms with E-state index in [1.165, 1.54) is 0 Å². The summed E-state index contributed by atoms with van der Waals surface area (Å²) >= 11 is 3.30. The van der Waals surface area contributed by atoms with E-state index in [1.807, 2.05) is 0 Å². The number of rotatable bonds is 5. The molecular weight excluding hydrogens is 336 g/mol. The van der Waals surface area contributed by atoms with Gasteiger partial charge in [-0.25, -0.2) is 0 Å². The molecule has 0 unspecified atom stereocenters. The van der Waals surface area contributed by atoms with Crippen LogP contribution in [0.25, 0.3) is 0 Å². The molecule has 3 N–H and O–H groups in total. The third-order valence-electron chi connectivity index (χ3n) is 3.66. The molecule has 1 aliphatic rings. The molecule has 5 nitrogen and oxygen atoms in total. The van der Waals surface area contributed by atoms with Crippen molar-refractivity contribution in [3.8, 4) is 0 Å². The molecule has 2 amide bonds. The molecule has 1 fully saturated rings. The zero-order chi connectivity index (χ0) is 15.3. The number of carbonyl (C=O) groups excluding carboxylic acids is 2. The van der Waals surface area contributed by atoms with Crippen molar-refractivity contribution in [2.75, 3.05) is 13.1 Å². The number of aliphatic hydroxyl groups is 1. The van der Waals surface area contributed by atoms with Gasteiger partial charge in [-0.1, -0.05) is 28.8 Å². The molecule has 0 spiro atoms. The van der Waals surface area contributed by atoms with E-state index in [1.54, 1.807) is 24.3 Å². The first-order valence-electron chi connectivity index (χ1n) is 7.01. The second kappa shape index (κ2) is 7.04. The van der Waals surface area contributed by atoms with E-state index in [2.05, 4.69) is 26.6 Å². The van der Waals surface area contributed by atoms with Crippen molar-refractivity contribution in [2.24, 2.45) is 0 Å². The van der Waals surface area contributed by atoms with Crippen LogP contribution in [0, 0.1) is 0 Å². The SMILES string of the molecule is O=C(CNC(=O)c1ccc(Br)cc1)NCC1(O)CCCC1. The number of hydrogen-bond acceptors (Lipinski definition) is 3. The molecule has 1 aliphatic carbocycles. The van der Waals surface area contributed by atoms with Crippen LogP contribution >= 0.6 is 15.9 Å². The predicted molar refractivity (Wildman–Crippen MR) is 82.9 cm³/mol. The lowest BCUT2D eigenvalue weighted by atomic mass is 10.0. The summed E-state index contributed by atoms with van der Waals surface area (Å²) in [6.07, 6.45) is 3.43. The highest BCUT2D eigenvalue weighted by molar-refractivity contribution is 9.10. The van der Waals surface area contributed by atoms with Crippen LogP contribution in [-0.2, 0) is 4.79 Å². The normalized spacial score (nSPS) is 16.5. The van der Waals surface area contributed by atoms with Crippen LogP contribution in [0.4, 0.5) is 0 Å². The zero-order valence-electron chi connectivity index (χ0n) is 11.7. The summed E-state index contributed by atoms with van der Waals surface area (Å²) in [5, 5.41) is 15.3. The Labute approximate surface area is 132 Å². The summed E-state index contributed by atoms with van der Waals surface area (Å²) in [4.78, 5) is 23.5. The molecule has 0 aliphatic heterocycles. The fourth-order valence-corrected chi connectivity index (χ4v) is 2.66. The lowest BCUT2D eigenvalue weighted by Gasteiger charge is -2.22. The molecule has 0 saturated heterocycles. The highest BCUT2D eigenvalue weighted by atomic mass is 79.9.